The Morgan fingerprint density at radius 2 is 2.00 bits per heavy atom. The largest absolute Gasteiger partial charge is 0.448 e. The first kappa shape index (κ1) is 15.1. The van der Waals surface area contributed by atoms with Crippen LogP contribution in [0.2, 0.25) is 0 Å². The van der Waals surface area contributed by atoms with Crippen molar-refractivity contribution in [2.24, 2.45) is 5.73 Å². The van der Waals surface area contributed by atoms with Crippen LogP contribution >= 0.6 is 11.8 Å². The fourth-order valence-corrected chi connectivity index (χ4v) is 2.27. The molecule has 0 saturated carbocycles. The lowest BCUT2D eigenvalue weighted by atomic mass is 10.3. The van der Waals surface area contributed by atoms with Crippen molar-refractivity contribution in [2.75, 3.05) is 6.26 Å². The number of carbonyl (C=O) groups is 2. The molecular formula is C14H15N3O3S. The zero-order valence-corrected chi connectivity index (χ0v) is 12.5. The number of nitrogens with two attached hydrogens (primary N) is 1. The van der Waals surface area contributed by atoms with Crippen LogP contribution in [0.1, 0.15) is 17.4 Å². The topological polar surface area (TPSA) is 87.2 Å². The minimum atomic E-state index is -0.991. The van der Waals surface area contributed by atoms with Crippen molar-refractivity contribution in [3.63, 3.8) is 0 Å². The second kappa shape index (κ2) is 6.45. The number of ether oxygens (including phenoxy) is 1. The van der Waals surface area contributed by atoms with E-state index in [0.29, 0.717) is 5.16 Å². The Bertz CT molecular complexity index is 655. The number of hydrogen-bond donors (Lipinski definition) is 1. The fourth-order valence-electron chi connectivity index (χ4n) is 1.73. The van der Waals surface area contributed by atoms with Gasteiger partial charge in [-0.15, -0.1) is 0 Å². The fraction of sp³-hybridized carbons (Fsp3) is 0.214. The molecule has 1 amide bonds. The molecule has 0 aliphatic carbocycles. The third kappa shape index (κ3) is 3.25. The molecule has 0 aliphatic rings. The number of imidazole rings is 1. The first-order chi connectivity index (χ1) is 10.0. The Labute approximate surface area is 126 Å². The molecule has 1 aromatic heterocycles. The average Bonchev–Trinajstić information content (AvgIpc) is 2.91. The first-order valence-corrected chi connectivity index (χ1v) is 7.44. The van der Waals surface area contributed by atoms with E-state index >= 15 is 0 Å². The zero-order chi connectivity index (χ0) is 15.4. The number of aromatic nitrogens is 2. The van der Waals surface area contributed by atoms with Crippen LogP contribution in [-0.2, 0) is 9.53 Å². The number of carbonyl (C=O) groups excluding carboxylic acids is 2. The Morgan fingerprint density at radius 3 is 2.57 bits per heavy atom. The summed E-state index contributed by atoms with van der Waals surface area (Å²) in [6.45, 7) is 1.43. The number of benzene rings is 1. The van der Waals surface area contributed by atoms with Crippen molar-refractivity contribution in [2.45, 2.75) is 18.2 Å². The normalized spacial score (nSPS) is 11.9. The third-order valence-corrected chi connectivity index (χ3v) is 3.47. The number of hydrogen-bond acceptors (Lipinski definition) is 5. The second-order valence-electron chi connectivity index (χ2n) is 4.25. The number of esters is 1. The smallest absolute Gasteiger partial charge is 0.357 e. The molecule has 21 heavy (non-hydrogen) atoms. The Morgan fingerprint density at radius 1 is 1.33 bits per heavy atom. The molecule has 0 fully saturated rings. The van der Waals surface area contributed by atoms with E-state index in [4.69, 9.17) is 10.5 Å². The Hall–Kier alpha value is -2.28. The van der Waals surface area contributed by atoms with Gasteiger partial charge in [-0.1, -0.05) is 30.0 Å². The van der Waals surface area contributed by atoms with Gasteiger partial charge in [-0.05, 0) is 25.3 Å². The Balaban J connectivity index is 2.39. The van der Waals surface area contributed by atoms with E-state index < -0.39 is 18.0 Å². The van der Waals surface area contributed by atoms with Gasteiger partial charge in [0, 0.05) is 5.69 Å². The number of primary amides is 1. The van der Waals surface area contributed by atoms with Gasteiger partial charge >= 0.3 is 5.97 Å². The molecule has 1 heterocycles. The maximum atomic E-state index is 12.2. The van der Waals surface area contributed by atoms with Crippen LogP contribution in [0.25, 0.3) is 5.69 Å². The van der Waals surface area contributed by atoms with Crippen molar-refractivity contribution in [1.82, 2.24) is 9.55 Å². The minimum absolute atomic E-state index is 0.249. The molecule has 0 saturated heterocycles. The van der Waals surface area contributed by atoms with Crippen LogP contribution in [0.4, 0.5) is 0 Å². The van der Waals surface area contributed by atoms with Crippen LogP contribution < -0.4 is 5.73 Å². The van der Waals surface area contributed by atoms with Crippen LogP contribution in [0.15, 0.2) is 41.7 Å². The van der Waals surface area contributed by atoms with Crippen LogP contribution in [0, 0.1) is 0 Å². The lowest BCUT2D eigenvalue weighted by Gasteiger charge is -2.12. The van der Waals surface area contributed by atoms with E-state index in [9.17, 15) is 9.59 Å². The molecule has 2 rings (SSSR count). The summed E-state index contributed by atoms with van der Waals surface area (Å²) in [7, 11) is 0. The number of amides is 1. The summed E-state index contributed by atoms with van der Waals surface area (Å²) in [5.41, 5.74) is 6.14. The van der Waals surface area contributed by atoms with Gasteiger partial charge in [0.15, 0.2) is 17.0 Å². The predicted molar refractivity (Wildman–Crippen MR) is 79.4 cm³/mol. The van der Waals surface area contributed by atoms with Gasteiger partial charge in [0.2, 0.25) is 0 Å². The van der Waals surface area contributed by atoms with E-state index in [1.54, 1.807) is 4.57 Å². The lowest BCUT2D eigenvalue weighted by Crippen LogP contribution is -2.31. The highest BCUT2D eigenvalue weighted by molar-refractivity contribution is 7.98. The number of rotatable bonds is 5. The minimum Gasteiger partial charge on any atom is -0.448 e. The van der Waals surface area contributed by atoms with E-state index in [0.717, 1.165) is 5.69 Å². The quantitative estimate of drug-likeness (QED) is 0.670. The molecule has 7 heteroatoms. The Kier molecular flexibility index (Phi) is 4.64. The van der Waals surface area contributed by atoms with Crippen molar-refractivity contribution in [3.8, 4) is 5.69 Å². The summed E-state index contributed by atoms with van der Waals surface area (Å²) in [6, 6.07) is 9.32. The van der Waals surface area contributed by atoms with Crippen molar-refractivity contribution >= 4 is 23.6 Å². The molecule has 1 aromatic carbocycles. The summed E-state index contributed by atoms with van der Waals surface area (Å²) >= 11 is 1.41. The van der Waals surface area contributed by atoms with Crippen molar-refractivity contribution in [3.05, 3.63) is 42.2 Å². The number of para-hydroxylation sites is 1. The molecule has 6 nitrogen and oxygen atoms in total. The van der Waals surface area contributed by atoms with Gasteiger partial charge in [-0.2, -0.15) is 0 Å². The predicted octanol–water partition coefficient (Wildman–Crippen LogP) is 1.62. The summed E-state index contributed by atoms with van der Waals surface area (Å²) < 4.78 is 6.72. The molecule has 2 N–H and O–H groups in total. The third-order valence-electron chi connectivity index (χ3n) is 2.82. The van der Waals surface area contributed by atoms with Crippen LogP contribution in [0.5, 0.6) is 0 Å². The van der Waals surface area contributed by atoms with Gasteiger partial charge < -0.3 is 10.5 Å². The summed E-state index contributed by atoms with van der Waals surface area (Å²) in [5.74, 6) is -1.34. The average molecular weight is 305 g/mol. The van der Waals surface area contributed by atoms with Gasteiger partial charge in [-0.3, -0.25) is 9.36 Å². The van der Waals surface area contributed by atoms with Gasteiger partial charge in [-0.25, -0.2) is 9.78 Å². The van der Waals surface area contributed by atoms with E-state index in [-0.39, 0.29) is 5.69 Å². The SMILES string of the molecule is CSc1ncc(C(=O)O[C@@H](C)C(N)=O)n1-c1ccccc1. The molecule has 110 valence electrons. The van der Waals surface area contributed by atoms with Gasteiger partial charge in [0.05, 0.1) is 6.20 Å². The number of thioether (sulfide) groups is 1. The second-order valence-corrected chi connectivity index (χ2v) is 5.02. The lowest BCUT2D eigenvalue weighted by molar-refractivity contribution is -0.125. The van der Waals surface area contributed by atoms with E-state index in [1.807, 2.05) is 36.6 Å². The molecule has 0 aliphatic heterocycles. The molecule has 0 unspecified atom stereocenters. The first-order valence-electron chi connectivity index (χ1n) is 6.22. The monoisotopic (exact) mass is 305 g/mol. The van der Waals surface area contributed by atoms with Gasteiger partial charge in [0.1, 0.15) is 0 Å². The number of nitrogens with zero attached hydrogens (tertiary/aromatic N) is 2. The molecule has 0 radical (unpaired) electrons. The summed E-state index contributed by atoms with van der Waals surface area (Å²) in [6.07, 6.45) is 2.30. The van der Waals surface area contributed by atoms with Crippen molar-refractivity contribution in [1.29, 1.82) is 0 Å². The highest BCUT2D eigenvalue weighted by Crippen LogP contribution is 2.22. The molecule has 1 atom stereocenters. The standard InChI is InChI=1S/C14H15N3O3S/c1-9(12(15)18)20-13(19)11-8-16-14(21-2)17(11)10-6-4-3-5-7-10/h3-9H,1-2H3,(H2,15,18)/t9-/m0/s1. The highest BCUT2D eigenvalue weighted by atomic mass is 32.2. The van der Waals surface area contributed by atoms with Crippen molar-refractivity contribution < 1.29 is 14.3 Å². The highest BCUT2D eigenvalue weighted by Gasteiger charge is 2.22. The molecule has 0 spiro atoms. The zero-order valence-electron chi connectivity index (χ0n) is 11.6. The van der Waals surface area contributed by atoms with Crippen LogP contribution in [-0.4, -0.2) is 33.8 Å². The maximum Gasteiger partial charge on any atom is 0.357 e. The summed E-state index contributed by atoms with van der Waals surface area (Å²) in [4.78, 5) is 27.4. The maximum absolute atomic E-state index is 12.2. The van der Waals surface area contributed by atoms with Crippen LogP contribution in [0.3, 0.4) is 0 Å². The molecule has 0 bridgehead atoms. The van der Waals surface area contributed by atoms with E-state index in [2.05, 4.69) is 4.98 Å². The molecule has 2 aromatic rings. The molecular weight excluding hydrogens is 290 g/mol. The van der Waals surface area contributed by atoms with E-state index in [1.165, 1.54) is 24.9 Å². The van der Waals surface area contributed by atoms with Gasteiger partial charge in [0.25, 0.3) is 5.91 Å². The summed E-state index contributed by atoms with van der Waals surface area (Å²) in [5, 5.41) is 0.653.